The van der Waals surface area contributed by atoms with Crippen LogP contribution in [0.4, 0.5) is 4.39 Å². The number of hydrogen-bond acceptors (Lipinski definition) is 1. The van der Waals surface area contributed by atoms with E-state index in [-0.39, 0.29) is 12.4 Å². The molecule has 16 heavy (non-hydrogen) atoms. The van der Waals surface area contributed by atoms with Gasteiger partial charge >= 0.3 is 0 Å². The zero-order valence-electron chi connectivity index (χ0n) is 8.96. The van der Waals surface area contributed by atoms with Gasteiger partial charge in [0.15, 0.2) is 0 Å². The van der Waals surface area contributed by atoms with E-state index in [4.69, 9.17) is 5.11 Å². The second kappa shape index (κ2) is 3.59. The highest BCUT2D eigenvalue weighted by Gasteiger charge is 2.21. The molecule has 3 rings (SSSR count). The Morgan fingerprint density at radius 1 is 1.44 bits per heavy atom. The molecule has 1 aliphatic carbocycles. The van der Waals surface area contributed by atoms with Crippen LogP contribution in [0.5, 0.6) is 0 Å². The minimum Gasteiger partial charge on any atom is -0.396 e. The number of aromatic nitrogens is 1. The summed E-state index contributed by atoms with van der Waals surface area (Å²) in [4.78, 5) is 3.33. The highest BCUT2D eigenvalue weighted by atomic mass is 19.1. The van der Waals surface area contributed by atoms with Crippen molar-refractivity contribution in [1.29, 1.82) is 0 Å². The molecule has 0 saturated heterocycles. The van der Waals surface area contributed by atoms with Crippen molar-refractivity contribution in [3.8, 4) is 0 Å². The standard InChI is InChI=1S/C13H14FNO/c14-9-2-4-12-11(6-9)10-3-1-8(7-16)5-13(10)15-12/h2,4,6,8,15-16H,1,3,5,7H2. The van der Waals surface area contributed by atoms with E-state index in [1.165, 1.54) is 17.3 Å². The maximum atomic E-state index is 13.2. The summed E-state index contributed by atoms with van der Waals surface area (Å²) in [5.74, 6) is 0.170. The molecule has 1 unspecified atom stereocenters. The monoisotopic (exact) mass is 219 g/mol. The minimum atomic E-state index is -0.182. The molecule has 0 saturated carbocycles. The molecule has 2 N–H and O–H groups in total. The van der Waals surface area contributed by atoms with Crippen molar-refractivity contribution in [1.82, 2.24) is 4.98 Å². The fourth-order valence-electron chi connectivity index (χ4n) is 2.63. The molecular weight excluding hydrogens is 205 g/mol. The van der Waals surface area contributed by atoms with Gasteiger partial charge in [0.2, 0.25) is 0 Å². The Hall–Kier alpha value is -1.35. The van der Waals surface area contributed by atoms with Crippen LogP contribution in [0.15, 0.2) is 18.2 Å². The molecule has 3 heteroatoms. The fourth-order valence-corrected chi connectivity index (χ4v) is 2.63. The quantitative estimate of drug-likeness (QED) is 0.759. The van der Waals surface area contributed by atoms with Crippen molar-refractivity contribution < 1.29 is 9.50 Å². The minimum absolute atomic E-state index is 0.182. The van der Waals surface area contributed by atoms with Crippen molar-refractivity contribution in [2.24, 2.45) is 5.92 Å². The fraction of sp³-hybridized carbons (Fsp3) is 0.385. The Morgan fingerprint density at radius 2 is 2.31 bits per heavy atom. The SMILES string of the molecule is OCC1CCc2c([nH]c3ccc(F)cc23)C1. The maximum Gasteiger partial charge on any atom is 0.123 e. The van der Waals surface area contributed by atoms with Gasteiger partial charge in [0.05, 0.1) is 0 Å². The first kappa shape index (κ1) is 9.85. The number of aryl methyl sites for hydroxylation is 1. The van der Waals surface area contributed by atoms with Crippen molar-refractivity contribution in [3.63, 3.8) is 0 Å². The molecule has 0 bridgehead atoms. The van der Waals surface area contributed by atoms with Crippen LogP contribution in [-0.2, 0) is 12.8 Å². The van der Waals surface area contributed by atoms with Gasteiger partial charge in [-0.2, -0.15) is 0 Å². The topological polar surface area (TPSA) is 36.0 Å². The lowest BCUT2D eigenvalue weighted by atomic mass is 9.87. The summed E-state index contributed by atoms with van der Waals surface area (Å²) in [6.45, 7) is 0.239. The van der Waals surface area contributed by atoms with Crippen LogP contribution in [0.1, 0.15) is 17.7 Å². The third-order valence-electron chi connectivity index (χ3n) is 3.51. The summed E-state index contributed by atoms with van der Waals surface area (Å²) < 4.78 is 13.2. The lowest BCUT2D eigenvalue weighted by Crippen LogP contribution is -2.16. The van der Waals surface area contributed by atoms with E-state index in [1.807, 2.05) is 0 Å². The first-order valence-corrected chi connectivity index (χ1v) is 5.68. The molecule has 0 fully saturated rings. The Kier molecular flexibility index (Phi) is 2.21. The summed E-state index contributed by atoms with van der Waals surface area (Å²) in [6, 6.07) is 4.87. The molecule has 1 aromatic carbocycles. The maximum absolute atomic E-state index is 13.2. The van der Waals surface area contributed by atoms with Gasteiger partial charge in [-0.1, -0.05) is 0 Å². The first-order valence-electron chi connectivity index (χ1n) is 5.68. The molecule has 0 radical (unpaired) electrons. The number of benzene rings is 1. The Bertz CT molecular complexity index is 532. The summed E-state index contributed by atoms with van der Waals surface area (Å²) in [7, 11) is 0. The molecule has 0 aliphatic heterocycles. The molecule has 1 atom stereocenters. The van der Waals surface area contributed by atoms with E-state index in [9.17, 15) is 4.39 Å². The zero-order valence-corrected chi connectivity index (χ0v) is 8.96. The van der Waals surface area contributed by atoms with Gasteiger partial charge in [0.25, 0.3) is 0 Å². The number of aromatic amines is 1. The number of aliphatic hydroxyl groups excluding tert-OH is 1. The van der Waals surface area contributed by atoms with E-state index in [1.54, 1.807) is 12.1 Å². The van der Waals surface area contributed by atoms with Crippen molar-refractivity contribution in [3.05, 3.63) is 35.3 Å². The summed E-state index contributed by atoms with van der Waals surface area (Å²) >= 11 is 0. The van der Waals surface area contributed by atoms with E-state index in [2.05, 4.69) is 4.98 Å². The molecule has 1 aliphatic rings. The van der Waals surface area contributed by atoms with E-state index >= 15 is 0 Å². The Balaban J connectivity index is 2.13. The molecular formula is C13H14FNO. The van der Waals surface area contributed by atoms with Gasteiger partial charge in [-0.3, -0.25) is 0 Å². The molecule has 1 heterocycles. The molecule has 2 aromatic rings. The van der Waals surface area contributed by atoms with Crippen LogP contribution in [0.2, 0.25) is 0 Å². The largest absolute Gasteiger partial charge is 0.396 e. The van der Waals surface area contributed by atoms with Crippen molar-refractivity contribution in [2.45, 2.75) is 19.3 Å². The van der Waals surface area contributed by atoms with Crippen LogP contribution in [0.25, 0.3) is 10.9 Å². The first-order chi connectivity index (χ1) is 7.78. The Labute approximate surface area is 93.1 Å². The second-order valence-electron chi connectivity index (χ2n) is 4.56. The third kappa shape index (κ3) is 1.43. The average Bonchev–Trinajstić information content (AvgIpc) is 2.66. The van der Waals surface area contributed by atoms with E-state index in [0.717, 1.165) is 30.2 Å². The smallest absolute Gasteiger partial charge is 0.123 e. The molecule has 2 nitrogen and oxygen atoms in total. The number of hydrogen-bond donors (Lipinski definition) is 2. The predicted molar refractivity (Wildman–Crippen MR) is 60.9 cm³/mol. The highest BCUT2D eigenvalue weighted by molar-refractivity contribution is 5.85. The predicted octanol–water partition coefficient (Wildman–Crippen LogP) is 2.40. The van der Waals surface area contributed by atoms with Gasteiger partial charge in [-0.05, 0) is 48.9 Å². The lowest BCUT2D eigenvalue weighted by Gasteiger charge is -2.19. The molecule has 0 amide bonds. The van der Waals surface area contributed by atoms with E-state index in [0.29, 0.717) is 5.92 Å². The number of H-pyrrole nitrogens is 1. The van der Waals surface area contributed by atoms with Crippen LogP contribution in [0.3, 0.4) is 0 Å². The number of nitrogens with one attached hydrogen (secondary N) is 1. The lowest BCUT2D eigenvalue weighted by molar-refractivity contribution is 0.212. The van der Waals surface area contributed by atoms with Crippen LogP contribution in [-0.4, -0.2) is 16.7 Å². The number of aliphatic hydroxyl groups is 1. The third-order valence-corrected chi connectivity index (χ3v) is 3.51. The Morgan fingerprint density at radius 3 is 3.12 bits per heavy atom. The van der Waals surface area contributed by atoms with Gasteiger partial charge in [-0.15, -0.1) is 0 Å². The summed E-state index contributed by atoms with van der Waals surface area (Å²) in [5, 5.41) is 10.2. The van der Waals surface area contributed by atoms with Crippen LogP contribution in [0, 0.1) is 11.7 Å². The second-order valence-corrected chi connectivity index (χ2v) is 4.56. The highest BCUT2D eigenvalue weighted by Crippen LogP contribution is 2.31. The van der Waals surface area contributed by atoms with Gasteiger partial charge in [-0.25, -0.2) is 4.39 Å². The summed E-state index contributed by atoms with van der Waals surface area (Å²) in [5.41, 5.74) is 3.41. The number of fused-ring (bicyclic) bond motifs is 3. The van der Waals surface area contributed by atoms with Gasteiger partial charge in [0.1, 0.15) is 5.82 Å². The van der Waals surface area contributed by atoms with Gasteiger partial charge < -0.3 is 10.1 Å². The van der Waals surface area contributed by atoms with Crippen molar-refractivity contribution in [2.75, 3.05) is 6.61 Å². The number of halogens is 1. The zero-order chi connectivity index (χ0) is 11.1. The van der Waals surface area contributed by atoms with Crippen LogP contribution < -0.4 is 0 Å². The van der Waals surface area contributed by atoms with E-state index < -0.39 is 0 Å². The molecule has 0 spiro atoms. The molecule has 84 valence electrons. The number of rotatable bonds is 1. The van der Waals surface area contributed by atoms with Crippen LogP contribution >= 0.6 is 0 Å². The summed E-state index contributed by atoms with van der Waals surface area (Å²) in [6.07, 6.45) is 2.80. The van der Waals surface area contributed by atoms with Gasteiger partial charge in [0, 0.05) is 23.2 Å². The normalized spacial score (nSPS) is 20.0. The molecule has 1 aromatic heterocycles. The van der Waals surface area contributed by atoms with Crippen molar-refractivity contribution >= 4 is 10.9 Å². The average molecular weight is 219 g/mol.